The number of hydrogen-bond acceptors (Lipinski definition) is 6. The van der Waals surface area contributed by atoms with Crippen molar-refractivity contribution >= 4 is 11.9 Å². The zero-order chi connectivity index (χ0) is 19.1. The highest BCUT2D eigenvalue weighted by Crippen LogP contribution is 2.42. The van der Waals surface area contributed by atoms with Gasteiger partial charge in [0.2, 0.25) is 5.78 Å². The molecule has 3 aromatic rings. The summed E-state index contributed by atoms with van der Waals surface area (Å²) < 4.78 is 17.4. The van der Waals surface area contributed by atoms with Crippen molar-refractivity contribution in [3.63, 3.8) is 0 Å². The zero-order valence-corrected chi connectivity index (χ0v) is 15.3. The van der Waals surface area contributed by atoms with Crippen molar-refractivity contribution in [3.8, 4) is 11.5 Å². The maximum absolute atomic E-state index is 12.8. The van der Waals surface area contributed by atoms with E-state index in [1.54, 1.807) is 18.3 Å². The molecule has 6 heteroatoms. The molecule has 0 N–H and O–H groups in total. The largest absolute Gasteiger partial charge is 0.478 e. The molecular weight excluding hydrogens is 356 g/mol. The van der Waals surface area contributed by atoms with Crippen LogP contribution >= 0.6 is 0 Å². The van der Waals surface area contributed by atoms with Gasteiger partial charge in [0.05, 0.1) is 11.1 Å². The standard InChI is InChI=1S/C22H18N2O4/c1-14-4-5-16(27-14)9-20-21(25)17-6-7-19-18(22(17)28-20)12-24(13-26-19)11-15-3-2-8-23-10-15/h2-10H,11-13H2,1H3/b20-9-. The van der Waals surface area contributed by atoms with Gasteiger partial charge in [0.25, 0.3) is 0 Å². The summed E-state index contributed by atoms with van der Waals surface area (Å²) in [5, 5.41) is 0. The molecule has 6 nitrogen and oxygen atoms in total. The van der Waals surface area contributed by atoms with Crippen LogP contribution in [0, 0.1) is 6.92 Å². The lowest BCUT2D eigenvalue weighted by molar-refractivity contribution is 0.0872. The van der Waals surface area contributed by atoms with E-state index in [1.165, 1.54) is 0 Å². The fraction of sp³-hybridized carbons (Fsp3) is 0.182. The number of fused-ring (bicyclic) bond motifs is 3. The Morgan fingerprint density at radius 1 is 1.21 bits per heavy atom. The molecule has 2 aromatic heterocycles. The summed E-state index contributed by atoms with van der Waals surface area (Å²) in [6.45, 7) is 3.68. The first-order valence-corrected chi connectivity index (χ1v) is 9.08. The number of Topliss-reactive ketones (excluding diaryl/α,β-unsaturated/α-hetero) is 1. The van der Waals surface area contributed by atoms with Gasteiger partial charge in [-0.05, 0) is 42.8 Å². The average molecular weight is 374 g/mol. The highest BCUT2D eigenvalue weighted by Gasteiger charge is 2.33. The average Bonchev–Trinajstić information content (AvgIpc) is 3.26. The van der Waals surface area contributed by atoms with Crippen LogP contribution < -0.4 is 9.47 Å². The van der Waals surface area contributed by atoms with Crippen LogP contribution in [-0.4, -0.2) is 22.4 Å². The molecule has 0 aliphatic carbocycles. The van der Waals surface area contributed by atoms with Gasteiger partial charge >= 0.3 is 0 Å². The van der Waals surface area contributed by atoms with Crippen molar-refractivity contribution in [1.29, 1.82) is 0 Å². The number of aromatic nitrogens is 1. The molecule has 0 saturated carbocycles. The minimum atomic E-state index is -0.142. The smallest absolute Gasteiger partial charge is 0.232 e. The molecule has 0 fully saturated rings. The van der Waals surface area contributed by atoms with E-state index in [0.717, 1.165) is 22.6 Å². The molecule has 28 heavy (non-hydrogen) atoms. The Kier molecular flexibility index (Phi) is 3.98. The van der Waals surface area contributed by atoms with Crippen LogP contribution in [0.15, 0.2) is 59.0 Å². The predicted octanol–water partition coefficient (Wildman–Crippen LogP) is 3.95. The summed E-state index contributed by atoms with van der Waals surface area (Å²) in [6.07, 6.45) is 5.24. The lowest BCUT2D eigenvalue weighted by Gasteiger charge is -2.29. The van der Waals surface area contributed by atoms with E-state index in [0.29, 0.717) is 36.9 Å². The van der Waals surface area contributed by atoms with E-state index in [-0.39, 0.29) is 11.5 Å². The number of carbonyl (C=O) groups is 1. The second-order valence-electron chi connectivity index (χ2n) is 6.93. The van der Waals surface area contributed by atoms with Crippen molar-refractivity contribution in [2.75, 3.05) is 6.73 Å². The number of benzene rings is 1. The van der Waals surface area contributed by atoms with Crippen LogP contribution in [-0.2, 0) is 13.1 Å². The number of aryl methyl sites for hydroxylation is 1. The van der Waals surface area contributed by atoms with E-state index in [9.17, 15) is 4.79 Å². The Morgan fingerprint density at radius 3 is 2.93 bits per heavy atom. The highest BCUT2D eigenvalue weighted by atomic mass is 16.5. The van der Waals surface area contributed by atoms with Gasteiger partial charge in [0.15, 0.2) is 5.76 Å². The molecule has 140 valence electrons. The number of nitrogens with zero attached hydrogens (tertiary/aromatic N) is 2. The molecule has 2 aliphatic heterocycles. The van der Waals surface area contributed by atoms with Gasteiger partial charge in [-0.1, -0.05) is 6.07 Å². The van der Waals surface area contributed by atoms with Crippen molar-refractivity contribution < 1.29 is 18.7 Å². The topological polar surface area (TPSA) is 64.8 Å². The number of rotatable bonds is 3. The lowest BCUT2D eigenvalue weighted by Crippen LogP contribution is -2.31. The summed E-state index contributed by atoms with van der Waals surface area (Å²) in [5.74, 6) is 2.83. The predicted molar refractivity (Wildman–Crippen MR) is 102 cm³/mol. The van der Waals surface area contributed by atoms with Crippen LogP contribution in [0.3, 0.4) is 0 Å². The minimum Gasteiger partial charge on any atom is -0.478 e. The SMILES string of the molecule is Cc1ccc(/C=C2\Oc3c(ccc4c3CN(Cc3cccnc3)CO4)C2=O)o1. The molecular formula is C22H18N2O4. The summed E-state index contributed by atoms with van der Waals surface area (Å²) >= 11 is 0. The lowest BCUT2D eigenvalue weighted by atomic mass is 10.0. The molecule has 1 aromatic carbocycles. The number of hydrogen-bond donors (Lipinski definition) is 0. The fourth-order valence-corrected chi connectivity index (χ4v) is 3.52. The van der Waals surface area contributed by atoms with Crippen molar-refractivity contribution in [2.45, 2.75) is 20.0 Å². The minimum absolute atomic E-state index is 0.142. The van der Waals surface area contributed by atoms with E-state index in [4.69, 9.17) is 13.9 Å². The van der Waals surface area contributed by atoms with Gasteiger partial charge in [0, 0.05) is 31.6 Å². The van der Waals surface area contributed by atoms with Gasteiger partial charge in [0.1, 0.15) is 29.8 Å². The van der Waals surface area contributed by atoms with Crippen LogP contribution in [0.1, 0.15) is 33.0 Å². The van der Waals surface area contributed by atoms with E-state index < -0.39 is 0 Å². The number of furan rings is 1. The van der Waals surface area contributed by atoms with Gasteiger partial charge < -0.3 is 13.9 Å². The van der Waals surface area contributed by atoms with Gasteiger partial charge in [-0.25, -0.2) is 0 Å². The third-order valence-corrected chi connectivity index (χ3v) is 4.85. The van der Waals surface area contributed by atoms with Crippen LogP contribution in [0.4, 0.5) is 0 Å². The van der Waals surface area contributed by atoms with Gasteiger partial charge in [-0.15, -0.1) is 0 Å². The molecule has 0 radical (unpaired) electrons. The monoisotopic (exact) mass is 374 g/mol. The number of allylic oxidation sites excluding steroid dienone is 1. The number of pyridine rings is 1. The first-order valence-electron chi connectivity index (χ1n) is 9.08. The maximum Gasteiger partial charge on any atom is 0.232 e. The Labute approximate surface area is 162 Å². The second kappa shape index (κ2) is 6.65. The van der Waals surface area contributed by atoms with E-state index >= 15 is 0 Å². The highest BCUT2D eigenvalue weighted by molar-refractivity contribution is 6.14. The molecule has 2 aliphatic rings. The summed E-state index contributed by atoms with van der Waals surface area (Å²) in [5.41, 5.74) is 2.55. The molecule has 0 spiro atoms. The summed E-state index contributed by atoms with van der Waals surface area (Å²) in [4.78, 5) is 19.1. The Hall–Kier alpha value is -3.38. The Morgan fingerprint density at radius 2 is 2.14 bits per heavy atom. The first-order chi connectivity index (χ1) is 13.7. The van der Waals surface area contributed by atoms with Gasteiger partial charge in [-0.3, -0.25) is 14.7 Å². The number of carbonyl (C=O) groups excluding carboxylic acids is 1. The second-order valence-corrected chi connectivity index (χ2v) is 6.93. The molecule has 0 unspecified atom stereocenters. The molecule has 0 bridgehead atoms. The van der Waals surface area contributed by atoms with Crippen LogP contribution in [0.25, 0.3) is 6.08 Å². The van der Waals surface area contributed by atoms with Gasteiger partial charge in [-0.2, -0.15) is 0 Å². The van der Waals surface area contributed by atoms with E-state index in [1.807, 2.05) is 43.5 Å². The van der Waals surface area contributed by atoms with Crippen LogP contribution in [0.2, 0.25) is 0 Å². The van der Waals surface area contributed by atoms with Crippen molar-refractivity contribution in [2.24, 2.45) is 0 Å². The Bertz CT molecular complexity index is 1090. The maximum atomic E-state index is 12.8. The van der Waals surface area contributed by atoms with Crippen molar-refractivity contribution in [3.05, 3.63) is 82.8 Å². The van der Waals surface area contributed by atoms with Crippen molar-refractivity contribution in [1.82, 2.24) is 9.88 Å². The third kappa shape index (κ3) is 2.97. The molecule has 4 heterocycles. The fourth-order valence-electron chi connectivity index (χ4n) is 3.52. The quantitative estimate of drug-likeness (QED) is 0.647. The number of ether oxygens (including phenoxy) is 2. The Balaban J connectivity index is 1.43. The molecule has 5 rings (SSSR count). The number of ketones is 1. The van der Waals surface area contributed by atoms with Crippen LogP contribution in [0.5, 0.6) is 11.5 Å². The summed E-state index contributed by atoms with van der Waals surface area (Å²) in [6, 6.07) is 11.2. The third-order valence-electron chi connectivity index (χ3n) is 4.85. The first kappa shape index (κ1) is 16.8. The zero-order valence-electron chi connectivity index (χ0n) is 15.3. The molecule has 0 amide bonds. The normalized spacial score (nSPS) is 17.2. The molecule has 0 atom stereocenters. The summed E-state index contributed by atoms with van der Waals surface area (Å²) in [7, 11) is 0. The van der Waals surface area contributed by atoms with E-state index in [2.05, 4.69) is 9.88 Å². The molecule has 0 saturated heterocycles.